The van der Waals surface area contributed by atoms with Gasteiger partial charge in [-0.2, -0.15) is 0 Å². The van der Waals surface area contributed by atoms with E-state index in [9.17, 15) is 23.4 Å². The Morgan fingerprint density at radius 3 is 2.62 bits per heavy atom. The molecule has 3 rings (SSSR count). The van der Waals surface area contributed by atoms with Crippen LogP contribution >= 0.6 is 11.3 Å². The number of aromatic nitrogens is 1. The minimum atomic E-state index is -3.48. The summed E-state index contributed by atoms with van der Waals surface area (Å²) in [6.45, 7) is 5.15. The lowest BCUT2D eigenvalue weighted by molar-refractivity contribution is -0.144. The van der Waals surface area contributed by atoms with Crippen LogP contribution in [-0.2, 0) is 21.2 Å². The molecule has 0 aliphatic heterocycles. The molecule has 1 fully saturated rings. The van der Waals surface area contributed by atoms with E-state index < -0.39 is 21.5 Å². The largest absolute Gasteiger partial charge is 0.396 e. The Kier molecular flexibility index (Phi) is 7.27. The Morgan fingerprint density at radius 1 is 1.34 bits per heavy atom. The molecule has 1 heterocycles. The van der Waals surface area contributed by atoms with Crippen LogP contribution in [0.3, 0.4) is 0 Å². The first-order valence-corrected chi connectivity index (χ1v) is 13.7. The molecular formula is C21H36N4O5S2. The summed E-state index contributed by atoms with van der Waals surface area (Å²) in [5.41, 5.74) is -0.308. The van der Waals surface area contributed by atoms with Crippen LogP contribution in [0.15, 0.2) is 0 Å². The summed E-state index contributed by atoms with van der Waals surface area (Å²) in [5.74, 6) is -0.380. The first-order valence-electron chi connectivity index (χ1n) is 11.0. The predicted molar refractivity (Wildman–Crippen MR) is 125 cm³/mol. The van der Waals surface area contributed by atoms with Gasteiger partial charge in [0.1, 0.15) is 0 Å². The second kappa shape index (κ2) is 9.17. The summed E-state index contributed by atoms with van der Waals surface area (Å²) < 4.78 is 26.0. The van der Waals surface area contributed by atoms with Crippen molar-refractivity contribution < 1.29 is 23.4 Å². The number of nitrogens with one attached hydrogen (secondary N) is 2. The van der Waals surface area contributed by atoms with E-state index in [1.807, 2.05) is 25.9 Å². The highest BCUT2D eigenvalue weighted by Crippen LogP contribution is 2.62. The van der Waals surface area contributed by atoms with E-state index >= 15 is 0 Å². The molecule has 1 aromatic rings. The maximum atomic E-state index is 12.9. The molecule has 0 aromatic carbocycles. The number of sulfonamides is 1. The molecule has 11 heteroatoms. The lowest BCUT2D eigenvalue weighted by atomic mass is 9.47. The second-order valence-electron chi connectivity index (χ2n) is 10.1. The fraction of sp³-hybridized carbons (Fsp3) is 0.810. The van der Waals surface area contributed by atoms with Gasteiger partial charge in [0.05, 0.1) is 24.7 Å². The van der Waals surface area contributed by atoms with Crippen molar-refractivity contribution in [1.82, 2.24) is 15.2 Å². The van der Waals surface area contributed by atoms with Crippen molar-refractivity contribution in [3.63, 3.8) is 0 Å². The number of aliphatic hydroxyl groups excluding tert-OH is 2. The SMILES string of the molecule is CN(C)CCNC(=O)CC1c2nc(NS(C)(=O)=O)sc2CC2C(C)(CO)C(O)CCC12C. The highest BCUT2D eigenvalue weighted by atomic mass is 32.2. The zero-order chi connectivity index (χ0) is 23.9. The monoisotopic (exact) mass is 488 g/mol. The number of hydrogen-bond acceptors (Lipinski definition) is 8. The molecular weight excluding hydrogens is 452 g/mol. The quantitative estimate of drug-likeness (QED) is 0.429. The molecule has 0 spiro atoms. The van der Waals surface area contributed by atoms with Crippen molar-refractivity contribution in [3.05, 3.63) is 10.6 Å². The molecule has 182 valence electrons. The third kappa shape index (κ3) is 4.96. The van der Waals surface area contributed by atoms with Crippen LogP contribution in [-0.4, -0.2) is 80.6 Å². The Morgan fingerprint density at radius 2 is 2.03 bits per heavy atom. The first-order chi connectivity index (χ1) is 14.8. The number of carbonyl (C=O) groups excluding carboxylic acids is 1. The smallest absolute Gasteiger partial charge is 0.231 e. The molecule has 4 N–H and O–H groups in total. The minimum Gasteiger partial charge on any atom is -0.396 e. The Labute approximate surface area is 194 Å². The predicted octanol–water partition coefficient (Wildman–Crippen LogP) is 0.998. The standard InChI is InChI=1S/C21H36N4O5S2/c1-20-7-6-16(27)21(2,12-26)15(20)11-14-18(23-19(31-14)24-32(5,29)30)13(20)10-17(28)22-8-9-25(3)4/h13,15-16,26-27H,6-12H2,1-5H3,(H,22,28)(H,23,24). The molecule has 1 amide bonds. The molecule has 0 bridgehead atoms. The maximum absolute atomic E-state index is 12.9. The molecule has 0 radical (unpaired) electrons. The normalized spacial score (nSPS) is 32.3. The summed E-state index contributed by atoms with van der Waals surface area (Å²) in [4.78, 5) is 20.4. The maximum Gasteiger partial charge on any atom is 0.231 e. The number of aliphatic hydroxyl groups is 2. The number of hydrogen-bond donors (Lipinski definition) is 4. The van der Waals surface area contributed by atoms with Gasteiger partial charge in [0.25, 0.3) is 0 Å². The molecule has 9 nitrogen and oxygen atoms in total. The number of fused-ring (bicyclic) bond motifs is 2. The number of thiazole rings is 1. The van der Waals surface area contributed by atoms with Crippen molar-refractivity contribution in [2.75, 3.05) is 44.8 Å². The van der Waals surface area contributed by atoms with E-state index in [0.717, 1.165) is 23.4 Å². The molecule has 32 heavy (non-hydrogen) atoms. The van der Waals surface area contributed by atoms with Crippen molar-refractivity contribution in [1.29, 1.82) is 0 Å². The van der Waals surface area contributed by atoms with E-state index in [4.69, 9.17) is 0 Å². The molecule has 0 saturated heterocycles. The van der Waals surface area contributed by atoms with Gasteiger partial charge in [-0.15, -0.1) is 11.3 Å². The zero-order valence-electron chi connectivity index (χ0n) is 19.5. The molecule has 5 atom stereocenters. The van der Waals surface area contributed by atoms with Crippen molar-refractivity contribution >= 4 is 32.4 Å². The van der Waals surface area contributed by atoms with Gasteiger partial charge in [-0.05, 0) is 44.7 Å². The van der Waals surface area contributed by atoms with Crippen LogP contribution in [0.2, 0.25) is 0 Å². The zero-order valence-corrected chi connectivity index (χ0v) is 21.1. The minimum absolute atomic E-state index is 0.0673. The average Bonchev–Trinajstić information content (AvgIpc) is 3.06. The molecule has 2 aliphatic rings. The third-order valence-corrected chi connectivity index (χ3v) is 9.14. The van der Waals surface area contributed by atoms with Gasteiger partial charge in [-0.1, -0.05) is 13.8 Å². The van der Waals surface area contributed by atoms with Crippen LogP contribution in [0.25, 0.3) is 0 Å². The van der Waals surface area contributed by atoms with E-state index in [2.05, 4.69) is 21.9 Å². The van der Waals surface area contributed by atoms with Crippen LogP contribution < -0.4 is 10.0 Å². The fourth-order valence-electron chi connectivity index (χ4n) is 5.52. The Bertz CT molecular complexity index is 950. The molecule has 2 aliphatic carbocycles. The lowest BCUT2D eigenvalue weighted by Gasteiger charge is -2.58. The number of likely N-dealkylation sites (N-methyl/N-ethyl adjacent to an activating group) is 1. The van der Waals surface area contributed by atoms with Gasteiger partial charge < -0.3 is 20.4 Å². The summed E-state index contributed by atoms with van der Waals surface area (Å²) >= 11 is 1.28. The highest BCUT2D eigenvalue weighted by Gasteiger charge is 2.59. The van der Waals surface area contributed by atoms with Crippen LogP contribution in [0.5, 0.6) is 0 Å². The number of rotatable bonds is 8. The Balaban J connectivity index is 1.99. The van der Waals surface area contributed by atoms with Gasteiger partial charge in [0.15, 0.2) is 5.13 Å². The van der Waals surface area contributed by atoms with E-state index in [1.54, 1.807) is 0 Å². The van der Waals surface area contributed by atoms with Crippen LogP contribution in [0.4, 0.5) is 5.13 Å². The fourth-order valence-corrected chi connectivity index (χ4v) is 7.43. The third-order valence-electron chi connectivity index (χ3n) is 7.44. The summed E-state index contributed by atoms with van der Waals surface area (Å²) in [7, 11) is 0.408. The highest BCUT2D eigenvalue weighted by molar-refractivity contribution is 7.92. The molecule has 5 unspecified atom stereocenters. The van der Waals surface area contributed by atoms with Gasteiger partial charge in [-0.25, -0.2) is 13.4 Å². The number of anilines is 1. The van der Waals surface area contributed by atoms with Gasteiger partial charge in [0.2, 0.25) is 15.9 Å². The topological polar surface area (TPSA) is 132 Å². The average molecular weight is 489 g/mol. The van der Waals surface area contributed by atoms with Gasteiger partial charge in [0, 0.05) is 35.7 Å². The summed E-state index contributed by atoms with van der Waals surface area (Å²) in [6.07, 6.45) is 2.51. The van der Waals surface area contributed by atoms with Crippen molar-refractivity contribution in [3.8, 4) is 0 Å². The Hall–Kier alpha value is -1.27. The van der Waals surface area contributed by atoms with Crippen molar-refractivity contribution in [2.24, 2.45) is 16.7 Å². The van der Waals surface area contributed by atoms with Crippen LogP contribution in [0.1, 0.15) is 49.6 Å². The number of carbonyl (C=O) groups is 1. The lowest BCUT2D eigenvalue weighted by Crippen LogP contribution is -2.57. The number of amides is 1. The number of nitrogens with zero attached hydrogens (tertiary/aromatic N) is 2. The molecule has 1 saturated carbocycles. The van der Waals surface area contributed by atoms with Gasteiger partial charge in [-0.3, -0.25) is 9.52 Å². The summed E-state index contributed by atoms with van der Waals surface area (Å²) in [5, 5.41) is 24.3. The molecule has 1 aromatic heterocycles. The van der Waals surface area contributed by atoms with Crippen molar-refractivity contribution in [2.45, 2.75) is 51.6 Å². The van der Waals surface area contributed by atoms with E-state index in [1.165, 1.54) is 11.3 Å². The summed E-state index contributed by atoms with van der Waals surface area (Å²) in [6, 6.07) is 0. The van der Waals surface area contributed by atoms with E-state index in [0.29, 0.717) is 30.9 Å². The van der Waals surface area contributed by atoms with E-state index in [-0.39, 0.29) is 36.2 Å². The van der Waals surface area contributed by atoms with Gasteiger partial charge >= 0.3 is 0 Å². The second-order valence-corrected chi connectivity index (χ2v) is 12.9. The van der Waals surface area contributed by atoms with Crippen LogP contribution in [0, 0.1) is 16.7 Å². The first kappa shape index (κ1) is 25.4.